The quantitative estimate of drug-likeness (QED) is 0.840. The fourth-order valence-corrected chi connectivity index (χ4v) is 2.06. The maximum absolute atomic E-state index is 10.8. The highest BCUT2D eigenvalue weighted by atomic mass is 16.5. The van der Waals surface area contributed by atoms with Gasteiger partial charge in [0.1, 0.15) is 0 Å². The van der Waals surface area contributed by atoms with Crippen molar-refractivity contribution >= 4 is 11.7 Å². The summed E-state index contributed by atoms with van der Waals surface area (Å²) in [5.41, 5.74) is 1.16. The van der Waals surface area contributed by atoms with Gasteiger partial charge >= 0.3 is 5.97 Å². The van der Waals surface area contributed by atoms with E-state index in [-0.39, 0.29) is 6.10 Å². The molecule has 0 saturated carbocycles. The zero-order chi connectivity index (χ0) is 12.3. The third-order valence-corrected chi connectivity index (χ3v) is 3.21. The highest BCUT2D eigenvalue weighted by Crippen LogP contribution is 2.21. The van der Waals surface area contributed by atoms with Crippen molar-refractivity contribution in [2.75, 3.05) is 18.5 Å². The number of hydrogen-bond acceptors (Lipinski definition) is 3. The van der Waals surface area contributed by atoms with Crippen molar-refractivity contribution in [1.29, 1.82) is 0 Å². The van der Waals surface area contributed by atoms with Crippen LogP contribution < -0.4 is 5.32 Å². The van der Waals surface area contributed by atoms with Gasteiger partial charge in [-0.15, -0.1) is 0 Å². The molecule has 2 unspecified atom stereocenters. The fourth-order valence-electron chi connectivity index (χ4n) is 2.06. The highest BCUT2D eigenvalue weighted by Gasteiger charge is 2.23. The van der Waals surface area contributed by atoms with Crippen LogP contribution in [0.2, 0.25) is 0 Å². The Morgan fingerprint density at radius 1 is 1.59 bits per heavy atom. The standard InChI is InChI=1S/C13H17NO3/c1-9-11(5-6-17-9)8-14-12-4-2-3-10(7-12)13(15)16/h2-4,7,9,11,14H,5-6,8H2,1H3,(H,15,16). The largest absolute Gasteiger partial charge is 0.478 e. The summed E-state index contributed by atoms with van der Waals surface area (Å²) in [5, 5.41) is 12.2. The lowest BCUT2D eigenvalue weighted by molar-refractivity contribution is 0.0697. The molecule has 1 fully saturated rings. The van der Waals surface area contributed by atoms with Gasteiger partial charge in [-0.1, -0.05) is 6.07 Å². The first-order valence-corrected chi connectivity index (χ1v) is 5.85. The second kappa shape index (κ2) is 5.19. The number of hydrogen-bond donors (Lipinski definition) is 2. The van der Waals surface area contributed by atoms with E-state index in [0.717, 1.165) is 25.3 Å². The van der Waals surface area contributed by atoms with Gasteiger partial charge in [-0.2, -0.15) is 0 Å². The normalized spacial score (nSPS) is 23.6. The Morgan fingerprint density at radius 3 is 3.06 bits per heavy atom. The smallest absolute Gasteiger partial charge is 0.335 e. The molecule has 1 aromatic carbocycles. The van der Waals surface area contributed by atoms with E-state index < -0.39 is 5.97 Å². The van der Waals surface area contributed by atoms with Crippen molar-refractivity contribution in [1.82, 2.24) is 0 Å². The zero-order valence-electron chi connectivity index (χ0n) is 9.85. The molecular formula is C13H17NO3. The maximum Gasteiger partial charge on any atom is 0.335 e. The van der Waals surface area contributed by atoms with Crippen LogP contribution in [0.25, 0.3) is 0 Å². The van der Waals surface area contributed by atoms with Crippen LogP contribution in [0.5, 0.6) is 0 Å². The Morgan fingerprint density at radius 2 is 2.41 bits per heavy atom. The number of ether oxygens (including phenoxy) is 1. The molecule has 17 heavy (non-hydrogen) atoms. The van der Waals surface area contributed by atoms with E-state index in [2.05, 4.69) is 12.2 Å². The molecule has 0 radical (unpaired) electrons. The molecule has 4 heteroatoms. The molecule has 92 valence electrons. The van der Waals surface area contributed by atoms with Gasteiger partial charge in [-0.05, 0) is 31.5 Å². The average Bonchev–Trinajstić information content (AvgIpc) is 2.72. The summed E-state index contributed by atoms with van der Waals surface area (Å²) in [6.45, 7) is 3.72. The molecule has 2 atom stereocenters. The fraction of sp³-hybridized carbons (Fsp3) is 0.462. The van der Waals surface area contributed by atoms with Gasteiger partial charge in [-0.3, -0.25) is 0 Å². The van der Waals surface area contributed by atoms with Gasteiger partial charge < -0.3 is 15.2 Å². The molecular weight excluding hydrogens is 218 g/mol. The van der Waals surface area contributed by atoms with Crippen molar-refractivity contribution in [3.05, 3.63) is 29.8 Å². The lowest BCUT2D eigenvalue weighted by Crippen LogP contribution is -2.20. The summed E-state index contributed by atoms with van der Waals surface area (Å²) in [6, 6.07) is 6.88. The van der Waals surface area contributed by atoms with Crippen LogP contribution in [0, 0.1) is 5.92 Å². The molecule has 0 aliphatic carbocycles. The molecule has 4 nitrogen and oxygen atoms in total. The van der Waals surface area contributed by atoms with Crippen molar-refractivity contribution < 1.29 is 14.6 Å². The molecule has 0 aromatic heterocycles. The minimum atomic E-state index is -0.897. The van der Waals surface area contributed by atoms with Crippen LogP contribution in [0.4, 0.5) is 5.69 Å². The van der Waals surface area contributed by atoms with E-state index in [4.69, 9.17) is 9.84 Å². The van der Waals surface area contributed by atoms with E-state index in [1.165, 1.54) is 0 Å². The molecule has 0 amide bonds. The molecule has 1 saturated heterocycles. The van der Waals surface area contributed by atoms with Gasteiger partial charge in [0.25, 0.3) is 0 Å². The number of nitrogens with one attached hydrogen (secondary N) is 1. The Bertz CT molecular complexity index is 405. The van der Waals surface area contributed by atoms with Crippen LogP contribution in [-0.4, -0.2) is 30.3 Å². The van der Waals surface area contributed by atoms with E-state index in [1.54, 1.807) is 18.2 Å². The number of benzene rings is 1. The third kappa shape index (κ3) is 2.97. The van der Waals surface area contributed by atoms with E-state index >= 15 is 0 Å². The Hall–Kier alpha value is -1.55. The van der Waals surface area contributed by atoms with E-state index in [0.29, 0.717) is 11.5 Å². The van der Waals surface area contributed by atoms with E-state index in [9.17, 15) is 4.79 Å². The van der Waals surface area contributed by atoms with Crippen molar-refractivity contribution in [2.24, 2.45) is 5.92 Å². The number of carboxylic acids is 1. The minimum Gasteiger partial charge on any atom is -0.478 e. The van der Waals surface area contributed by atoms with Gasteiger partial charge in [0, 0.05) is 24.8 Å². The lowest BCUT2D eigenvalue weighted by Gasteiger charge is -2.15. The number of carbonyl (C=O) groups is 1. The first-order valence-electron chi connectivity index (χ1n) is 5.85. The molecule has 0 bridgehead atoms. The van der Waals surface area contributed by atoms with Crippen molar-refractivity contribution in [3.8, 4) is 0 Å². The van der Waals surface area contributed by atoms with Crippen LogP contribution in [0.3, 0.4) is 0 Å². The predicted octanol–water partition coefficient (Wildman–Crippen LogP) is 2.22. The number of anilines is 1. The molecule has 2 rings (SSSR count). The van der Waals surface area contributed by atoms with Gasteiger partial charge in [-0.25, -0.2) is 4.79 Å². The highest BCUT2D eigenvalue weighted by molar-refractivity contribution is 5.88. The second-order valence-electron chi connectivity index (χ2n) is 4.39. The van der Waals surface area contributed by atoms with Crippen LogP contribution >= 0.6 is 0 Å². The molecule has 2 N–H and O–H groups in total. The first-order chi connectivity index (χ1) is 8.16. The topological polar surface area (TPSA) is 58.6 Å². The van der Waals surface area contributed by atoms with Crippen molar-refractivity contribution in [3.63, 3.8) is 0 Å². The minimum absolute atomic E-state index is 0.283. The summed E-state index contributed by atoms with van der Waals surface area (Å²) < 4.78 is 5.48. The molecule has 1 aliphatic heterocycles. The SMILES string of the molecule is CC1OCCC1CNc1cccc(C(=O)O)c1. The second-order valence-corrected chi connectivity index (χ2v) is 4.39. The third-order valence-electron chi connectivity index (χ3n) is 3.21. The van der Waals surface area contributed by atoms with Crippen LogP contribution in [0.15, 0.2) is 24.3 Å². The van der Waals surface area contributed by atoms with Crippen molar-refractivity contribution in [2.45, 2.75) is 19.4 Å². The molecule has 1 aliphatic rings. The Labute approximate surface area is 101 Å². The Kier molecular flexibility index (Phi) is 3.64. The average molecular weight is 235 g/mol. The first kappa shape index (κ1) is 11.9. The molecule has 1 aromatic rings. The summed E-state index contributed by atoms with van der Waals surface area (Å²) in [4.78, 5) is 10.8. The Balaban J connectivity index is 1.94. The number of rotatable bonds is 4. The maximum atomic E-state index is 10.8. The van der Waals surface area contributed by atoms with Gasteiger partial charge in [0.05, 0.1) is 11.7 Å². The van der Waals surface area contributed by atoms with E-state index in [1.807, 2.05) is 6.07 Å². The van der Waals surface area contributed by atoms with Gasteiger partial charge in [0.15, 0.2) is 0 Å². The summed E-state index contributed by atoms with van der Waals surface area (Å²) in [5.74, 6) is -0.394. The van der Waals surface area contributed by atoms with Crippen LogP contribution in [0.1, 0.15) is 23.7 Å². The number of aromatic carboxylic acids is 1. The summed E-state index contributed by atoms with van der Waals surface area (Å²) in [6.07, 6.45) is 1.34. The van der Waals surface area contributed by atoms with Gasteiger partial charge in [0.2, 0.25) is 0 Å². The lowest BCUT2D eigenvalue weighted by atomic mass is 10.0. The monoisotopic (exact) mass is 235 g/mol. The number of carboxylic acid groups (broad SMARTS) is 1. The predicted molar refractivity (Wildman–Crippen MR) is 65.4 cm³/mol. The summed E-state index contributed by atoms with van der Waals surface area (Å²) >= 11 is 0. The zero-order valence-corrected chi connectivity index (χ0v) is 9.85. The summed E-state index contributed by atoms with van der Waals surface area (Å²) in [7, 11) is 0. The molecule has 0 spiro atoms. The van der Waals surface area contributed by atoms with Crippen LogP contribution in [-0.2, 0) is 4.74 Å². The molecule has 1 heterocycles.